The fraction of sp³-hybridized carbons (Fsp3) is 1.00. The Balaban J connectivity index is 1.94. The molecule has 10 aliphatic heterocycles. The first kappa shape index (κ1) is 8.23. The Bertz CT molecular complexity index is 1050. The van der Waals surface area contributed by atoms with E-state index in [2.05, 4.69) is 55.4 Å². The summed E-state index contributed by atoms with van der Waals surface area (Å²) in [7, 11) is 0. The third-order valence-corrected chi connectivity index (χ3v) is 77.5. The summed E-state index contributed by atoms with van der Waals surface area (Å²) >= 11 is 0. The van der Waals surface area contributed by atoms with Crippen molar-refractivity contribution in [3.8, 4) is 0 Å². The van der Waals surface area contributed by atoms with Gasteiger partial charge in [0.2, 0.25) is 0 Å². The minimum absolute atomic E-state index is 0.880. The molecule has 19 heavy (non-hydrogen) atoms. The first-order valence-corrected chi connectivity index (χ1v) is 14.2. The van der Waals surface area contributed by atoms with Gasteiger partial charge in [-0.3, -0.25) is 0 Å². The molecule has 4 unspecified atom stereocenters. The normalized spacial score (nSPS) is 136. The van der Waals surface area contributed by atoms with Gasteiger partial charge in [0.15, 0.2) is 0 Å². The molecule has 4 atom stereocenters. The molecule has 1 heteroatoms. The van der Waals surface area contributed by atoms with Crippen molar-refractivity contribution >= 4 is 0 Å². The van der Waals surface area contributed by atoms with Crippen LogP contribution in [0.5, 0.6) is 0 Å². The zero-order valence-corrected chi connectivity index (χ0v) is 14.6. The fourth-order valence-corrected chi connectivity index (χ4v) is 126. The first-order chi connectivity index (χ1) is 8.29. The van der Waals surface area contributed by atoms with Crippen LogP contribution in [-0.2, 0) is 6.51 Å². The van der Waals surface area contributed by atoms with Crippen LogP contribution in [0.15, 0.2) is 0 Å². The van der Waals surface area contributed by atoms with E-state index in [1.165, 1.54) is 9.63 Å². The summed E-state index contributed by atoms with van der Waals surface area (Å²) in [4.78, 5) is 2.62. The maximum atomic E-state index is 2.86. The Morgan fingerprint density at radius 2 is 0.737 bits per heavy atom. The molecular weight excluding hydrogens is 272 g/mol. The van der Waals surface area contributed by atoms with E-state index >= 15 is 0 Å². The minimum atomic E-state index is -3.63. The third-order valence-electron chi connectivity index (χ3n) is 22.3. The third kappa shape index (κ3) is 0.0521. The van der Waals surface area contributed by atoms with Crippen molar-refractivity contribution in [1.82, 2.24) is 0 Å². The van der Waals surface area contributed by atoms with E-state index in [0.717, 1.165) is 34.5 Å². The Morgan fingerprint density at radius 3 is 0.737 bits per heavy atom. The van der Waals surface area contributed by atoms with Crippen molar-refractivity contribution in [2.75, 3.05) is 0 Å². The summed E-state index contributed by atoms with van der Waals surface area (Å²) in [6.07, 6.45) is 0. The fourth-order valence-electron chi connectivity index (χ4n) is 28.1. The zero-order chi connectivity index (χ0) is 13.5. The molecule has 10 saturated heterocycles. The number of hydrogen-bond donors (Lipinski definition) is 0. The second-order valence-corrected chi connectivity index (χ2v) is 36.5. The Labute approximate surface area is 106 Å². The van der Waals surface area contributed by atoms with E-state index in [1.54, 1.807) is 0 Å². The molecule has 106 valence electrons. The summed E-state index contributed by atoms with van der Waals surface area (Å²) in [5, 5.41) is 0. The summed E-state index contributed by atoms with van der Waals surface area (Å²) in [5.74, 6) is 0. The molecule has 0 nitrogen and oxygen atoms in total. The van der Waals surface area contributed by atoms with E-state index in [4.69, 9.17) is 0 Å². The zero-order valence-electron chi connectivity index (χ0n) is 13.5. The van der Waals surface area contributed by atoms with Crippen LogP contribution in [0.25, 0.3) is 0 Å². The van der Waals surface area contributed by atoms with Gasteiger partial charge >= 0.3 is 106 Å². The standard InChI is InChI=1S/C10H15.C8H11.Fe/c1-6-7(2)9(4)10(5)8(6)3;1-6-4-5-7(2)8(6)3;/h1-5H3;4-5H,1-3H3;. The summed E-state index contributed by atoms with van der Waals surface area (Å²) in [5.41, 5.74) is 0. The predicted octanol–water partition coefficient (Wildman–Crippen LogP) is 6.50. The van der Waals surface area contributed by atoms with Gasteiger partial charge in [-0.15, -0.1) is 0 Å². The van der Waals surface area contributed by atoms with E-state index in [-0.39, 0.29) is 0 Å². The van der Waals surface area contributed by atoms with Crippen molar-refractivity contribution in [1.29, 1.82) is 0 Å². The van der Waals surface area contributed by atoms with Gasteiger partial charge < -0.3 is 0 Å². The molecule has 1 spiro atoms. The van der Waals surface area contributed by atoms with Gasteiger partial charge in [0.05, 0.1) is 0 Å². The Morgan fingerprint density at radius 1 is 0.474 bits per heavy atom. The predicted molar refractivity (Wildman–Crippen MR) is 74.4 cm³/mol. The van der Waals surface area contributed by atoms with Gasteiger partial charge in [0.1, 0.15) is 0 Å². The van der Waals surface area contributed by atoms with Gasteiger partial charge in [-0.1, -0.05) is 0 Å². The molecule has 0 amide bonds. The van der Waals surface area contributed by atoms with Gasteiger partial charge in [0, 0.05) is 0 Å². The Hall–Kier alpha value is 0.519. The van der Waals surface area contributed by atoms with E-state index < -0.39 is 6.51 Å². The molecule has 0 N–H and O–H groups in total. The number of rotatable bonds is 0. The van der Waals surface area contributed by atoms with E-state index in [1.807, 2.05) is 0 Å². The van der Waals surface area contributed by atoms with Crippen LogP contribution in [0.3, 0.4) is 0 Å². The average molecular weight is 298 g/mol. The molecule has 10 aliphatic rings. The second-order valence-electron chi connectivity index (χ2n) is 13.0. The molecule has 0 aromatic rings. The van der Waals surface area contributed by atoms with E-state index in [0.29, 0.717) is 0 Å². The van der Waals surface area contributed by atoms with E-state index in [9.17, 15) is 0 Å². The van der Waals surface area contributed by atoms with Gasteiger partial charge in [0.25, 0.3) is 0 Å². The molecule has 0 aromatic carbocycles. The topological polar surface area (TPSA) is 0 Å². The molecule has 0 radical (unpaired) electrons. The van der Waals surface area contributed by atoms with Crippen LogP contribution in [0.2, 0.25) is 44.1 Å². The van der Waals surface area contributed by atoms with Crippen molar-refractivity contribution in [2.45, 2.75) is 99.5 Å². The molecule has 0 bridgehead atoms. The van der Waals surface area contributed by atoms with Gasteiger partial charge in [-0.2, -0.15) is 0 Å². The van der Waals surface area contributed by atoms with Crippen LogP contribution in [0, 0.1) is 0 Å². The number of hydrogen-bond acceptors (Lipinski definition) is 0. The van der Waals surface area contributed by atoms with Gasteiger partial charge in [-0.05, 0) is 0 Å². The molecule has 10 fully saturated rings. The maximum absolute atomic E-state index is 3.63. The van der Waals surface area contributed by atoms with Gasteiger partial charge in [-0.25, -0.2) is 0 Å². The van der Waals surface area contributed by atoms with Crippen LogP contribution in [0.4, 0.5) is 0 Å². The van der Waals surface area contributed by atoms with Crippen LogP contribution in [0.1, 0.15) is 55.4 Å². The van der Waals surface area contributed by atoms with Crippen molar-refractivity contribution in [3.05, 3.63) is 0 Å². The van der Waals surface area contributed by atoms with Crippen LogP contribution in [-0.4, -0.2) is 0 Å². The second kappa shape index (κ2) is 0.574. The molecule has 0 saturated carbocycles. The quantitative estimate of drug-likeness (QED) is 0.448. The van der Waals surface area contributed by atoms with Crippen molar-refractivity contribution < 1.29 is 6.51 Å². The SMILES string of the molecule is C[C]12[CH]3[CH]4[C]5(C)[C]1(C)[Fe]34251678[C]2(C)[C]1(C)[C]6(C)[C]7(C)[C]28C. The summed E-state index contributed by atoms with van der Waals surface area (Å²) < 4.78 is 7.09. The van der Waals surface area contributed by atoms with Crippen molar-refractivity contribution in [3.63, 3.8) is 0 Å². The summed E-state index contributed by atoms with van der Waals surface area (Å²) in [6, 6.07) is 0. The molecule has 0 aliphatic carbocycles. The van der Waals surface area contributed by atoms with Crippen LogP contribution >= 0.6 is 0 Å². The number of fused-ring (bicyclic) bond motifs is 10. The summed E-state index contributed by atoms with van der Waals surface area (Å²) in [6.45, 7) is 19.3. The Kier molecular flexibility index (Phi) is 0.249. The van der Waals surface area contributed by atoms with Crippen LogP contribution < -0.4 is 0 Å². The molecule has 10 heterocycles. The average Bonchev–Trinajstić information content (AvgIpc) is 3.33. The first-order valence-electron chi connectivity index (χ1n) is 8.48. The molecule has 10 rings (SSSR count). The van der Waals surface area contributed by atoms with Crippen molar-refractivity contribution in [2.24, 2.45) is 0 Å². The molecule has 0 aromatic heterocycles. The molecular formula is C18H26Fe. The monoisotopic (exact) mass is 298 g/mol.